The van der Waals surface area contributed by atoms with Crippen molar-refractivity contribution in [2.45, 2.75) is 399 Å². The fourth-order valence-corrected chi connectivity index (χ4v) is 10.8. The first-order valence-electron chi connectivity index (χ1n) is 35.5. The fraction of sp³-hybridized carbons (Fsp3) is 0.877. The molecule has 0 radical (unpaired) electrons. The molecule has 0 aromatic rings. The molecular formula is C73H136O6. The molecule has 0 heterocycles. The molecule has 1 atom stereocenters. The minimum Gasteiger partial charge on any atom is -0.462 e. The average molecular weight is 1110 g/mol. The van der Waals surface area contributed by atoms with Crippen LogP contribution in [0.25, 0.3) is 0 Å². The molecule has 0 N–H and O–H groups in total. The molecule has 0 rings (SSSR count). The molecule has 1 unspecified atom stereocenters. The van der Waals surface area contributed by atoms with Crippen LogP contribution in [0.5, 0.6) is 0 Å². The van der Waals surface area contributed by atoms with Crippen molar-refractivity contribution in [3.8, 4) is 0 Å². The third-order valence-corrected chi connectivity index (χ3v) is 16.1. The summed E-state index contributed by atoms with van der Waals surface area (Å²) < 4.78 is 16.9. The number of hydrogen-bond donors (Lipinski definition) is 0. The molecule has 6 heteroatoms. The van der Waals surface area contributed by atoms with E-state index in [9.17, 15) is 14.4 Å². The maximum absolute atomic E-state index is 12.9. The van der Waals surface area contributed by atoms with Crippen LogP contribution in [-0.2, 0) is 28.6 Å². The van der Waals surface area contributed by atoms with Crippen molar-refractivity contribution in [2.75, 3.05) is 13.2 Å². The van der Waals surface area contributed by atoms with Crippen molar-refractivity contribution < 1.29 is 28.6 Å². The van der Waals surface area contributed by atoms with Crippen LogP contribution in [0.15, 0.2) is 36.5 Å². The van der Waals surface area contributed by atoms with E-state index in [2.05, 4.69) is 57.2 Å². The number of esters is 3. The lowest BCUT2D eigenvalue weighted by molar-refractivity contribution is -0.167. The van der Waals surface area contributed by atoms with Crippen LogP contribution >= 0.6 is 0 Å². The maximum Gasteiger partial charge on any atom is 0.306 e. The molecule has 0 aromatic heterocycles. The number of allylic oxidation sites excluding steroid dienone is 6. The smallest absolute Gasteiger partial charge is 0.306 e. The van der Waals surface area contributed by atoms with E-state index in [0.29, 0.717) is 19.3 Å². The quantitative estimate of drug-likeness (QED) is 0.0261. The Morgan fingerprint density at radius 1 is 0.253 bits per heavy atom. The Bertz CT molecular complexity index is 1320. The van der Waals surface area contributed by atoms with Gasteiger partial charge in [-0.25, -0.2) is 0 Å². The van der Waals surface area contributed by atoms with Crippen LogP contribution in [-0.4, -0.2) is 37.2 Å². The highest BCUT2D eigenvalue weighted by molar-refractivity contribution is 5.71. The first kappa shape index (κ1) is 76.6. The van der Waals surface area contributed by atoms with Crippen LogP contribution in [0, 0.1) is 0 Å². The SMILES string of the molecule is CCC/C=C\C/C=C\CCCCCCCC(=O)OCC(COC(=O)CCCCCCCCCCCCCCCCCCCCCCCCCCCCCCCCC)OC(=O)CCCCCCCCC/C=C\CCCCCCCC. The summed E-state index contributed by atoms with van der Waals surface area (Å²) in [6.45, 7) is 6.62. The van der Waals surface area contributed by atoms with E-state index in [1.54, 1.807) is 0 Å². The molecule has 0 fully saturated rings. The number of ether oxygens (including phenoxy) is 3. The van der Waals surface area contributed by atoms with Crippen LogP contribution < -0.4 is 0 Å². The first-order chi connectivity index (χ1) is 39.0. The van der Waals surface area contributed by atoms with Crippen LogP contribution in [0.2, 0.25) is 0 Å². The summed E-state index contributed by atoms with van der Waals surface area (Å²) in [7, 11) is 0. The maximum atomic E-state index is 12.9. The molecule has 0 aliphatic rings. The highest BCUT2D eigenvalue weighted by Gasteiger charge is 2.19. The number of carbonyl (C=O) groups excluding carboxylic acids is 3. The van der Waals surface area contributed by atoms with Gasteiger partial charge in [0, 0.05) is 19.3 Å². The highest BCUT2D eigenvalue weighted by atomic mass is 16.6. The molecule has 0 aliphatic carbocycles. The second-order valence-corrected chi connectivity index (χ2v) is 24.1. The Morgan fingerprint density at radius 2 is 0.481 bits per heavy atom. The van der Waals surface area contributed by atoms with E-state index in [1.807, 2.05) is 0 Å². The third kappa shape index (κ3) is 66.3. The molecule has 0 saturated carbocycles. The van der Waals surface area contributed by atoms with Gasteiger partial charge in [0.05, 0.1) is 0 Å². The van der Waals surface area contributed by atoms with Gasteiger partial charge in [0.1, 0.15) is 13.2 Å². The van der Waals surface area contributed by atoms with Crippen LogP contribution in [0.1, 0.15) is 393 Å². The largest absolute Gasteiger partial charge is 0.462 e. The van der Waals surface area contributed by atoms with Gasteiger partial charge in [-0.2, -0.15) is 0 Å². The minimum atomic E-state index is -0.779. The highest BCUT2D eigenvalue weighted by Crippen LogP contribution is 2.19. The summed E-state index contributed by atoms with van der Waals surface area (Å²) >= 11 is 0. The lowest BCUT2D eigenvalue weighted by Gasteiger charge is -2.18. The number of carbonyl (C=O) groups is 3. The molecule has 464 valence electrons. The fourth-order valence-electron chi connectivity index (χ4n) is 10.8. The van der Waals surface area contributed by atoms with Crippen LogP contribution in [0.3, 0.4) is 0 Å². The Balaban J connectivity index is 4.13. The Kier molecular flexibility index (Phi) is 66.1. The van der Waals surface area contributed by atoms with Crippen molar-refractivity contribution >= 4 is 17.9 Å². The normalized spacial score (nSPS) is 12.2. The van der Waals surface area contributed by atoms with Gasteiger partial charge in [-0.05, 0) is 70.6 Å². The first-order valence-corrected chi connectivity index (χ1v) is 35.5. The van der Waals surface area contributed by atoms with E-state index in [0.717, 1.165) is 83.5 Å². The molecule has 0 aliphatic heterocycles. The molecule has 79 heavy (non-hydrogen) atoms. The van der Waals surface area contributed by atoms with Crippen molar-refractivity contribution in [1.29, 1.82) is 0 Å². The molecule has 0 aromatic carbocycles. The van der Waals surface area contributed by atoms with Gasteiger partial charge >= 0.3 is 17.9 Å². The second-order valence-electron chi connectivity index (χ2n) is 24.1. The van der Waals surface area contributed by atoms with E-state index in [1.165, 1.54) is 270 Å². The van der Waals surface area contributed by atoms with Crippen molar-refractivity contribution in [2.24, 2.45) is 0 Å². The van der Waals surface area contributed by atoms with Gasteiger partial charge in [0.15, 0.2) is 6.10 Å². The lowest BCUT2D eigenvalue weighted by Crippen LogP contribution is -2.30. The van der Waals surface area contributed by atoms with E-state index >= 15 is 0 Å². The molecule has 6 nitrogen and oxygen atoms in total. The van der Waals surface area contributed by atoms with Gasteiger partial charge in [-0.3, -0.25) is 14.4 Å². The summed E-state index contributed by atoms with van der Waals surface area (Å²) in [5, 5.41) is 0. The van der Waals surface area contributed by atoms with Crippen molar-refractivity contribution in [3.63, 3.8) is 0 Å². The number of rotatable bonds is 66. The third-order valence-electron chi connectivity index (χ3n) is 16.1. The molecular weight excluding hydrogens is 973 g/mol. The zero-order chi connectivity index (χ0) is 57.1. The standard InChI is InChI=1S/C73H136O6/c1-4-7-10-13-16-19-22-25-27-29-30-31-32-33-34-35-36-37-38-39-40-41-42-44-45-48-51-54-57-60-63-66-72(75)78-69-70(68-77-71(74)65-62-59-56-53-50-47-24-21-18-15-12-9-6-3)79-73(76)67-64-61-58-55-52-49-46-43-28-26-23-20-17-14-11-8-5-2/h12,15,21,24,26,28,70H,4-11,13-14,16-20,22-23,25,27,29-69H2,1-3H3/b15-12-,24-21-,28-26-. The average Bonchev–Trinajstić information content (AvgIpc) is 3.45. The summed E-state index contributed by atoms with van der Waals surface area (Å²) in [6, 6.07) is 0. The molecule has 0 bridgehead atoms. The predicted molar refractivity (Wildman–Crippen MR) is 344 cm³/mol. The van der Waals surface area contributed by atoms with E-state index in [-0.39, 0.29) is 31.1 Å². The molecule has 0 saturated heterocycles. The number of unbranched alkanes of at least 4 members (excludes halogenated alkanes) is 49. The van der Waals surface area contributed by atoms with Gasteiger partial charge in [-0.15, -0.1) is 0 Å². The summed E-state index contributed by atoms with van der Waals surface area (Å²) in [6.07, 6.45) is 84.8. The summed E-state index contributed by atoms with van der Waals surface area (Å²) in [5.74, 6) is -0.868. The molecule has 0 spiro atoms. The van der Waals surface area contributed by atoms with Gasteiger partial charge < -0.3 is 14.2 Å². The Morgan fingerprint density at radius 3 is 0.759 bits per heavy atom. The lowest BCUT2D eigenvalue weighted by atomic mass is 10.0. The molecule has 0 amide bonds. The van der Waals surface area contributed by atoms with Gasteiger partial charge in [-0.1, -0.05) is 340 Å². The van der Waals surface area contributed by atoms with E-state index in [4.69, 9.17) is 14.2 Å². The summed E-state index contributed by atoms with van der Waals surface area (Å²) in [4.78, 5) is 38.3. The second kappa shape index (κ2) is 68.1. The zero-order valence-corrected chi connectivity index (χ0v) is 53.4. The minimum absolute atomic E-state index is 0.0742. The summed E-state index contributed by atoms with van der Waals surface area (Å²) in [5.41, 5.74) is 0. The van der Waals surface area contributed by atoms with Crippen molar-refractivity contribution in [3.05, 3.63) is 36.5 Å². The van der Waals surface area contributed by atoms with E-state index < -0.39 is 6.10 Å². The monoisotopic (exact) mass is 1110 g/mol. The predicted octanol–water partition coefficient (Wildman–Crippen LogP) is 24.3. The zero-order valence-electron chi connectivity index (χ0n) is 53.4. The topological polar surface area (TPSA) is 78.9 Å². The van der Waals surface area contributed by atoms with Crippen LogP contribution in [0.4, 0.5) is 0 Å². The van der Waals surface area contributed by atoms with Gasteiger partial charge in [0.25, 0.3) is 0 Å². The van der Waals surface area contributed by atoms with Gasteiger partial charge in [0.2, 0.25) is 0 Å². The Labute approximate surface area is 493 Å². The number of hydrogen-bond acceptors (Lipinski definition) is 6. The Hall–Kier alpha value is -2.37. The van der Waals surface area contributed by atoms with Crippen molar-refractivity contribution in [1.82, 2.24) is 0 Å².